The fraction of sp³-hybridized carbons (Fsp3) is 0.333. The van der Waals surface area contributed by atoms with Crippen LogP contribution in [-0.4, -0.2) is 75.6 Å². The van der Waals surface area contributed by atoms with Crippen LogP contribution in [0.15, 0.2) is 67.1 Å². The molecule has 1 aromatic carbocycles. The number of rotatable bonds is 8. The predicted molar refractivity (Wildman–Crippen MR) is 146 cm³/mol. The highest BCUT2D eigenvalue weighted by atomic mass is 16.5. The van der Waals surface area contributed by atoms with Crippen LogP contribution in [0.1, 0.15) is 40.9 Å². The maximum Gasteiger partial charge on any atom is 0.259 e. The summed E-state index contributed by atoms with van der Waals surface area (Å²) in [4.78, 5) is 38.4. The summed E-state index contributed by atoms with van der Waals surface area (Å²) in [6, 6.07) is 14.9. The Morgan fingerprint density at radius 2 is 1.95 bits per heavy atom. The van der Waals surface area contributed by atoms with Gasteiger partial charge in [-0.3, -0.25) is 14.6 Å². The van der Waals surface area contributed by atoms with Gasteiger partial charge in [0.1, 0.15) is 11.7 Å². The van der Waals surface area contributed by atoms with Crippen molar-refractivity contribution >= 4 is 24.0 Å². The average molecular weight is 515 g/mol. The number of aliphatic hydroxyl groups is 1. The number of hydrogen-bond donors (Lipinski definition) is 1. The first-order valence-corrected chi connectivity index (χ1v) is 12.8. The number of pyridine rings is 2. The summed E-state index contributed by atoms with van der Waals surface area (Å²) in [5.41, 5.74) is 2.97. The average Bonchev–Trinajstić information content (AvgIpc) is 2.94. The van der Waals surface area contributed by atoms with Crippen LogP contribution in [0.2, 0.25) is 0 Å². The van der Waals surface area contributed by atoms with E-state index in [-0.39, 0.29) is 42.7 Å². The first-order valence-electron chi connectivity index (χ1n) is 12.8. The van der Waals surface area contributed by atoms with E-state index in [1.165, 1.54) is 0 Å². The van der Waals surface area contributed by atoms with Crippen molar-refractivity contribution in [2.45, 2.75) is 32.4 Å². The minimum atomic E-state index is -0.406. The van der Waals surface area contributed by atoms with Crippen molar-refractivity contribution in [3.63, 3.8) is 0 Å². The van der Waals surface area contributed by atoms with E-state index in [0.717, 1.165) is 16.7 Å². The fourth-order valence-electron chi connectivity index (χ4n) is 4.37. The Hall–Kier alpha value is -4.04. The smallest absolute Gasteiger partial charge is 0.259 e. The Morgan fingerprint density at radius 1 is 1.18 bits per heavy atom. The molecule has 38 heavy (non-hydrogen) atoms. The molecule has 0 unspecified atom stereocenters. The summed E-state index contributed by atoms with van der Waals surface area (Å²) in [5, 5.41) is 9.88. The lowest BCUT2D eigenvalue weighted by molar-refractivity contribution is -0.130. The van der Waals surface area contributed by atoms with Crippen LogP contribution < -0.4 is 4.74 Å². The van der Waals surface area contributed by atoms with E-state index in [1.807, 2.05) is 68.5 Å². The predicted octanol–water partition coefficient (Wildman–Crippen LogP) is 3.57. The summed E-state index contributed by atoms with van der Waals surface area (Å²) >= 11 is 0. The molecule has 2 aromatic heterocycles. The molecule has 3 heterocycles. The lowest BCUT2D eigenvalue weighted by Crippen LogP contribution is -2.50. The molecule has 2 amide bonds. The maximum atomic E-state index is 13.6. The Kier molecular flexibility index (Phi) is 8.86. The fourth-order valence-corrected chi connectivity index (χ4v) is 4.37. The SMILES string of the molecule is C[C@H](CO)N1C[C@H](C)[C@@H](CN(C)C(=O)Cc2cccnc2)Oc2ncc(C=Cc3ccccc3)cc2C1=O. The molecule has 0 fully saturated rings. The third kappa shape index (κ3) is 6.63. The summed E-state index contributed by atoms with van der Waals surface area (Å²) < 4.78 is 6.32. The van der Waals surface area contributed by atoms with E-state index in [2.05, 4.69) is 9.97 Å². The molecular formula is C30H34N4O4. The molecule has 1 N–H and O–H groups in total. The van der Waals surface area contributed by atoms with E-state index in [1.54, 1.807) is 41.5 Å². The third-order valence-corrected chi connectivity index (χ3v) is 6.77. The number of carbonyl (C=O) groups excluding carboxylic acids is 2. The summed E-state index contributed by atoms with van der Waals surface area (Å²) in [5.74, 6) is -0.182. The quantitative estimate of drug-likeness (QED) is 0.494. The van der Waals surface area contributed by atoms with Gasteiger partial charge in [-0.1, -0.05) is 55.5 Å². The highest BCUT2D eigenvalue weighted by molar-refractivity contribution is 5.97. The van der Waals surface area contributed by atoms with Crippen molar-refractivity contribution in [1.29, 1.82) is 0 Å². The third-order valence-electron chi connectivity index (χ3n) is 6.77. The van der Waals surface area contributed by atoms with Gasteiger partial charge in [-0.05, 0) is 35.7 Å². The standard InChI is InChI=1S/C30H34N4O4/c1-21-18-34(22(2)20-35)30(37)26-14-25(12-11-23-8-5-4-6-9-23)17-32-29(26)38-27(21)19-33(3)28(36)15-24-10-7-13-31-16-24/h4-14,16-17,21-22,27,35H,15,18-20H2,1-3H3/t21-,22+,27+/m0/s1. The van der Waals surface area contributed by atoms with E-state index in [9.17, 15) is 14.7 Å². The van der Waals surface area contributed by atoms with Crippen molar-refractivity contribution in [2.24, 2.45) is 5.92 Å². The molecule has 198 valence electrons. The molecule has 0 spiro atoms. The highest BCUT2D eigenvalue weighted by Crippen LogP contribution is 2.28. The Labute approximate surface area is 223 Å². The Balaban J connectivity index is 1.59. The summed E-state index contributed by atoms with van der Waals surface area (Å²) in [7, 11) is 1.75. The summed E-state index contributed by atoms with van der Waals surface area (Å²) in [6.45, 7) is 4.34. The second kappa shape index (κ2) is 12.5. The molecular weight excluding hydrogens is 480 g/mol. The van der Waals surface area contributed by atoms with Crippen LogP contribution in [0.3, 0.4) is 0 Å². The van der Waals surface area contributed by atoms with Gasteiger partial charge in [-0.25, -0.2) is 4.98 Å². The number of fused-ring (bicyclic) bond motifs is 1. The van der Waals surface area contributed by atoms with E-state index in [4.69, 9.17) is 4.74 Å². The second-order valence-corrected chi connectivity index (χ2v) is 9.80. The number of benzene rings is 1. The number of aliphatic hydroxyl groups excluding tert-OH is 1. The highest BCUT2D eigenvalue weighted by Gasteiger charge is 2.34. The van der Waals surface area contributed by atoms with Crippen LogP contribution in [0, 0.1) is 5.92 Å². The van der Waals surface area contributed by atoms with Gasteiger partial charge >= 0.3 is 0 Å². The van der Waals surface area contributed by atoms with Crippen molar-refractivity contribution in [3.8, 4) is 5.88 Å². The molecule has 8 heteroatoms. The number of ether oxygens (including phenoxy) is 1. The van der Waals surface area contributed by atoms with Crippen LogP contribution in [0.5, 0.6) is 5.88 Å². The van der Waals surface area contributed by atoms with Crippen molar-refractivity contribution in [3.05, 3.63) is 89.4 Å². The van der Waals surface area contributed by atoms with Crippen LogP contribution in [-0.2, 0) is 11.2 Å². The number of nitrogens with zero attached hydrogens (tertiary/aromatic N) is 4. The Bertz CT molecular complexity index is 1270. The number of likely N-dealkylation sites (N-methyl/N-ethyl adjacent to an activating group) is 1. The lowest BCUT2D eigenvalue weighted by Gasteiger charge is -2.37. The van der Waals surface area contributed by atoms with E-state index < -0.39 is 6.10 Å². The van der Waals surface area contributed by atoms with E-state index in [0.29, 0.717) is 18.7 Å². The van der Waals surface area contributed by atoms with Gasteiger partial charge in [0.2, 0.25) is 11.8 Å². The van der Waals surface area contributed by atoms with Gasteiger partial charge in [-0.2, -0.15) is 0 Å². The van der Waals surface area contributed by atoms with Crippen LogP contribution in [0.4, 0.5) is 0 Å². The van der Waals surface area contributed by atoms with Gasteiger partial charge in [0.05, 0.1) is 25.6 Å². The normalized spacial score (nSPS) is 18.3. The van der Waals surface area contributed by atoms with Crippen LogP contribution in [0.25, 0.3) is 12.2 Å². The molecule has 4 rings (SSSR count). The molecule has 3 atom stereocenters. The van der Waals surface area contributed by atoms with Crippen LogP contribution >= 0.6 is 0 Å². The van der Waals surface area contributed by atoms with Gasteiger partial charge in [0.25, 0.3) is 5.91 Å². The zero-order valence-electron chi connectivity index (χ0n) is 22.0. The number of amides is 2. The second-order valence-electron chi connectivity index (χ2n) is 9.80. The maximum absolute atomic E-state index is 13.6. The lowest BCUT2D eigenvalue weighted by atomic mass is 9.99. The first kappa shape index (κ1) is 27.0. The van der Waals surface area contributed by atoms with Crippen molar-refractivity contribution < 1.29 is 19.4 Å². The molecule has 1 aliphatic rings. The van der Waals surface area contributed by atoms with E-state index >= 15 is 0 Å². The zero-order valence-corrected chi connectivity index (χ0v) is 22.0. The Morgan fingerprint density at radius 3 is 2.66 bits per heavy atom. The first-order chi connectivity index (χ1) is 18.4. The molecule has 0 bridgehead atoms. The summed E-state index contributed by atoms with van der Waals surface area (Å²) in [6.07, 6.45) is 8.73. The van der Waals surface area contributed by atoms with Crippen molar-refractivity contribution in [2.75, 3.05) is 26.7 Å². The molecule has 1 aliphatic heterocycles. The largest absolute Gasteiger partial charge is 0.472 e. The number of carbonyl (C=O) groups is 2. The van der Waals surface area contributed by atoms with Gasteiger partial charge in [0, 0.05) is 38.1 Å². The van der Waals surface area contributed by atoms with Crippen molar-refractivity contribution in [1.82, 2.24) is 19.8 Å². The molecule has 3 aromatic rings. The minimum absolute atomic E-state index is 0.0536. The molecule has 0 saturated heterocycles. The number of aromatic nitrogens is 2. The minimum Gasteiger partial charge on any atom is -0.472 e. The molecule has 8 nitrogen and oxygen atoms in total. The topological polar surface area (TPSA) is 95.9 Å². The number of hydrogen-bond acceptors (Lipinski definition) is 6. The molecule has 0 saturated carbocycles. The van der Waals surface area contributed by atoms with Gasteiger partial charge < -0.3 is 19.6 Å². The molecule has 0 radical (unpaired) electrons. The zero-order chi connectivity index (χ0) is 27.1. The monoisotopic (exact) mass is 514 g/mol. The van der Waals surface area contributed by atoms with Gasteiger partial charge in [0.15, 0.2) is 0 Å². The molecule has 0 aliphatic carbocycles. The van der Waals surface area contributed by atoms with Gasteiger partial charge in [-0.15, -0.1) is 0 Å².